The summed E-state index contributed by atoms with van der Waals surface area (Å²) in [7, 11) is 0. The number of aliphatic hydroxyl groups excluding tert-OH is 1. The van der Waals surface area contributed by atoms with E-state index >= 15 is 0 Å². The van der Waals surface area contributed by atoms with Crippen molar-refractivity contribution in [3.8, 4) is 11.9 Å². The summed E-state index contributed by atoms with van der Waals surface area (Å²) in [6.07, 6.45) is 4.04. The number of ether oxygens (including phenoxy) is 1. The van der Waals surface area contributed by atoms with E-state index < -0.39 is 35.8 Å². The van der Waals surface area contributed by atoms with E-state index in [-0.39, 0.29) is 17.7 Å². The molecular weight excluding hydrogens is 406 g/mol. The molecule has 0 saturated heterocycles. The third-order valence-corrected chi connectivity index (χ3v) is 4.79. The van der Waals surface area contributed by atoms with Crippen molar-refractivity contribution >= 4 is 12.1 Å². The maximum Gasteiger partial charge on any atom is 0.269 e. The first kappa shape index (κ1) is 22.1. The number of carbonyl (C=O) groups excluding carboxylic acids is 1. The number of amides is 1. The number of carbonyl (C=O) groups is 1. The topological polar surface area (TPSA) is 98.8 Å². The lowest BCUT2D eigenvalue weighted by Crippen LogP contribution is -2.28. The van der Waals surface area contributed by atoms with Gasteiger partial charge < -0.3 is 9.84 Å². The largest absolute Gasteiger partial charge is 0.478 e. The molecule has 0 saturated carbocycles. The second-order valence-electron chi connectivity index (χ2n) is 6.87. The minimum absolute atomic E-state index is 0.251. The van der Waals surface area contributed by atoms with Crippen molar-refractivity contribution in [2.24, 2.45) is 5.10 Å². The van der Waals surface area contributed by atoms with E-state index in [1.165, 1.54) is 12.4 Å². The second-order valence-corrected chi connectivity index (χ2v) is 6.87. The van der Waals surface area contributed by atoms with Crippen LogP contribution in [0, 0.1) is 23.0 Å². The molecule has 31 heavy (non-hydrogen) atoms. The van der Waals surface area contributed by atoms with Gasteiger partial charge in [-0.1, -0.05) is 6.58 Å². The lowest BCUT2D eigenvalue weighted by molar-refractivity contribution is -0.129. The van der Waals surface area contributed by atoms with Gasteiger partial charge in [-0.15, -0.1) is 0 Å². The van der Waals surface area contributed by atoms with Crippen LogP contribution in [0.1, 0.15) is 42.0 Å². The molecule has 0 spiro atoms. The Hall–Kier alpha value is -3.64. The highest BCUT2D eigenvalue weighted by atomic mass is 19.1. The molecule has 9 heteroatoms. The van der Waals surface area contributed by atoms with Gasteiger partial charge >= 0.3 is 0 Å². The molecule has 7 nitrogen and oxygen atoms in total. The maximum absolute atomic E-state index is 14.0. The number of nitriles is 1. The zero-order valence-electron chi connectivity index (χ0n) is 16.6. The van der Waals surface area contributed by atoms with E-state index in [1.54, 1.807) is 12.1 Å². The molecule has 1 aliphatic heterocycles. The molecule has 1 unspecified atom stereocenters. The number of rotatable bonds is 8. The maximum atomic E-state index is 14.0. The van der Waals surface area contributed by atoms with Crippen LogP contribution in [0.25, 0.3) is 0 Å². The van der Waals surface area contributed by atoms with Crippen molar-refractivity contribution in [2.75, 3.05) is 6.61 Å². The van der Waals surface area contributed by atoms with Crippen LogP contribution in [0.5, 0.6) is 5.88 Å². The minimum atomic E-state index is -0.871. The van der Waals surface area contributed by atoms with E-state index in [9.17, 15) is 13.6 Å². The van der Waals surface area contributed by atoms with Crippen molar-refractivity contribution in [3.63, 3.8) is 0 Å². The number of halogens is 2. The Morgan fingerprint density at radius 3 is 2.71 bits per heavy atom. The highest BCUT2D eigenvalue weighted by Crippen LogP contribution is 2.32. The normalized spacial score (nSPS) is 15.0. The number of hydrogen-bond donors (Lipinski definition) is 1. The zero-order valence-corrected chi connectivity index (χ0v) is 16.6. The molecule has 2 aromatic rings. The Morgan fingerprint density at radius 1 is 1.35 bits per heavy atom. The fraction of sp³-hybridized carbons (Fsp3) is 0.273. The first-order valence-corrected chi connectivity index (χ1v) is 9.56. The first-order valence-electron chi connectivity index (χ1n) is 9.56. The van der Waals surface area contributed by atoms with E-state index in [0.717, 1.165) is 17.1 Å². The quantitative estimate of drug-likeness (QED) is 0.515. The molecule has 3 rings (SSSR count). The monoisotopic (exact) mass is 426 g/mol. The average Bonchev–Trinajstić information content (AvgIpc) is 3.26. The highest BCUT2D eigenvalue weighted by Gasteiger charge is 2.30. The Kier molecular flexibility index (Phi) is 7.05. The summed E-state index contributed by atoms with van der Waals surface area (Å²) in [6.45, 7) is 3.34. The van der Waals surface area contributed by atoms with Gasteiger partial charge in [-0.2, -0.15) is 10.4 Å². The van der Waals surface area contributed by atoms with Crippen molar-refractivity contribution < 1.29 is 23.4 Å². The van der Waals surface area contributed by atoms with Crippen LogP contribution in [-0.4, -0.2) is 33.8 Å². The van der Waals surface area contributed by atoms with Crippen molar-refractivity contribution in [1.29, 1.82) is 5.26 Å². The summed E-state index contributed by atoms with van der Waals surface area (Å²) in [4.78, 5) is 16.8. The third kappa shape index (κ3) is 5.10. The summed E-state index contributed by atoms with van der Waals surface area (Å²) in [5.74, 6) is -1.81. The number of nitrogens with zero attached hydrogens (tertiary/aromatic N) is 4. The van der Waals surface area contributed by atoms with Crippen LogP contribution in [0.3, 0.4) is 0 Å². The van der Waals surface area contributed by atoms with Crippen LogP contribution in [-0.2, 0) is 11.4 Å². The standard InChI is InChI=1S/C22H20F2N4O3/c1-14(3-2-8-31-21-5-4-15(11-25)12-26-21)22(30)28-20(6-7-27-28)16-9-18(23)17(13-29)19(24)10-16/h4-5,7,9-10,12,20,29H,1-3,6,8,13H2. The summed E-state index contributed by atoms with van der Waals surface area (Å²) in [5, 5.41) is 23.0. The summed E-state index contributed by atoms with van der Waals surface area (Å²) in [5.41, 5.74) is 0.550. The zero-order chi connectivity index (χ0) is 22.4. The van der Waals surface area contributed by atoms with Crippen LogP contribution in [0.4, 0.5) is 8.78 Å². The molecule has 0 fully saturated rings. The molecule has 160 valence electrons. The molecule has 1 N–H and O–H groups in total. The number of pyridine rings is 1. The van der Waals surface area contributed by atoms with Gasteiger partial charge in [0.2, 0.25) is 5.88 Å². The average molecular weight is 426 g/mol. The predicted octanol–water partition coefficient (Wildman–Crippen LogP) is 3.40. The summed E-state index contributed by atoms with van der Waals surface area (Å²) in [6, 6.07) is 6.71. The molecule has 2 heterocycles. The molecule has 1 atom stereocenters. The van der Waals surface area contributed by atoms with Crippen LogP contribution >= 0.6 is 0 Å². The van der Waals surface area contributed by atoms with Gasteiger partial charge in [0.25, 0.3) is 5.91 Å². The Bertz CT molecular complexity index is 1020. The van der Waals surface area contributed by atoms with Crippen molar-refractivity contribution in [3.05, 3.63) is 70.9 Å². The minimum Gasteiger partial charge on any atom is -0.478 e. The number of aliphatic hydroxyl groups is 1. The van der Waals surface area contributed by atoms with Gasteiger partial charge in [-0.3, -0.25) is 4.79 Å². The third-order valence-electron chi connectivity index (χ3n) is 4.79. The van der Waals surface area contributed by atoms with Gasteiger partial charge in [0.1, 0.15) is 17.7 Å². The predicted molar refractivity (Wildman–Crippen MR) is 108 cm³/mol. The van der Waals surface area contributed by atoms with Crippen molar-refractivity contribution in [2.45, 2.75) is 31.9 Å². The molecule has 0 bridgehead atoms. The van der Waals surface area contributed by atoms with E-state index in [0.29, 0.717) is 30.7 Å². The number of benzene rings is 1. The molecule has 0 radical (unpaired) electrons. The summed E-state index contributed by atoms with van der Waals surface area (Å²) >= 11 is 0. The number of aromatic nitrogens is 1. The lowest BCUT2D eigenvalue weighted by Gasteiger charge is -2.23. The van der Waals surface area contributed by atoms with E-state index in [4.69, 9.17) is 15.1 Å². The number of hydrogen-bond acceptors (Lipinski definition) is 6. The van der Waals surface area contributed by atoms with Gasteiger partial charge in [-0.05, 0) is 36.6 Å². The van der Waals surface area contributed by atoms with E-state index in [2.05, 4.69) is 16.7 Å². The molecule has 1 amide bonds. The highest BCUT2D eigenvalue weighted by molar-refractivity contribution is 5.94. The number of hydrazone groups is 1. The van der Waals surface area contributed by atoms with Gasteiger partial charge in [-0.25, -0.2) is 18.8 Å². The van der Waals surface area contributed by atoms with Crippen LogP contribution < -0.4 is 4.74 Å². The summed E-state index contributed by atoms with van der Waals surface area (Å²) < 4.78 is 33.6. The molecular formula is C22H20F2N4O3. The molecule has 1 aliphatic rings. The fourth-order valence-electron chi connectivity index (χ4n) is 3.12. The SMILES string of the molecule is C=C(CCCOc1ccc(C#N)cn1)C(=O)N1N=CCC1c1cc(F)c(CO)c(F)c1. The lowest BCUT2D eigenvalue weighted by atomic mass is 10.0. The van der Waals surface area contributed by atoms with E-state index in [1.807, 2.05) is 6.07 Å². The second kappa shape index (κ2) is 9.91. The van der Waals surface area contributed by atoms with Crippen molar-refractivity contribution in [1.82, 2.24) is 9.99 Å². The molecule has 1 aromatic carbocycles. The fourth-order valence-corrected chi connectivity index (χ4v) is 3.12. The van der Waals surface area contributed by atoms with Crippen LogP contribution in [0.15, 0.2) is 47.7 Å². The molecule has 0 aliphatic carbocycles. The van der Waals surface area contributed by atoms with Gasteiger partial charge in [0, 0.05) is 36.0 Å². The Morgan fingerprint density at radius 2 is 2.10 bits per heavy atom. The molecule has 1 aromatic heterocycles. The van der Waals surface area contributed by atoms with Crippen LogP contribution in [0.2, 0.25) is 0 Å². The Labute approximate surface area is 177 Å². The smallest absolute Gasteiger partial charge is 0.269 e. The van der Waals surface area contributed by atoms with Gasteiger partial charge in [0.05, 0.1) is 24.8 Å². The first-order chi connectivity index (χ1) is 14.9. The Balaban J connectivity index is 1.56. The van der Waals surface area contributed by atoms with Gasteiger partial charge in [0.15, 0.2) is 0 Å².